The lowest BCUT2D eigenvalue weighted by molar-refractivity contribution is 0.0656. The van der Waals surface area contributed by atoms with Crippen molar-refractivity contribution in [2.75, 3.05) is 6.54 Å². The maximum absolute atomic E-state index is 12.3. The van der Waals surface area contributed by atoms with E-state index in [-0.39, 0.29) is 11.8 Å². The third-order valence-electron chi connectivity index (χ3n) is 3.66. The Kier molecular flexibility index (Phi) is 2.83. The Morgan fingerprint density at radius 2 is 1.82 bits per heavy atom. The van der Waals surface area contributed by atoms with E-state index in [0.29, 0.717) is 24.1 Å². The molecule has 110 valence electrons. The number of aryl methyl sites for hydroxylation is 1. The van der Waals surface area contributed by atoms with Gasteiger partial charge in [-0.25, -0.2) is 9.50 Å². The van der Waals surface area contributed by atoms with Crippen molar-refractivity contribution < 1.29 is 9.59 Å². The number of nitrogens with zero attached hydrogens (tertiary/aromatic N) is 4. The van der Waals surface area contributed by atoms with E-state index in [0.717, 1.165) is 15.7 Å². The molecule has 1 aromatic carbocycles. The Morgan fingerprint density at radius 1 is 1.14 bits per heavy atom. The number of imide groups is 1. The highest BCUT2D eigenvalue weighted by atomic mass is 32.1. The van der Waals surface area contributed by atoms with Gasteiger partial charge in [0, 0.05) is 13.0 Å². The van der Waals surface area contributed by atoms with Crippen LogP contribution in [0.4, 0.5) is 0 Å². The van der Waals surface area contributed by atoms with E-state index in [9.17, 15) is 9.59 Å². The summed E-state index contributed by atoms with van der Waals surface area (Å²) >= 11 is 1.52. The van der Waals surface area contributed by atoms with Gasteiger partial charge >= 0.3 is 0 Å². The number of aromatic nitrogens is 3. The van der Waals surface area contributed by atoms with E-state index < -0.39 is 0 Å². The smallest absolute Gasteiger partial charge is 0.261 e. The Labute approximate surface area is 130 Å². The van der Waals surface area contributed by atoms with Gasteiger partial charge in [0.25, 0.3) is 11.8 Å². The van der Waals surface area contributed by atoms with Crippen LogP contribution >= 0.6 is 11.3 Å². The molecule has 1 aliphatic rings. The maximum Gasteiger partial charge on any atom is 0.261 e. The van der Waals surface area contributed by atoms with E-state index in [1.807, 2.05) is 13.1 Å². The summed E-state index contributed by atoms with van der Waals surface area (Å²) in [5, 5.41) is 5.25. The van der Waals surface area contributed by atoms with Crippen molar-refractivity contribution in [3.63, 3.8) is 0 Å². The lowest BCUT2D eigenvalue weighted by Gasteiger charge is -2.12. The summed E-state index contributed by atoms with van der Waals surface area (Å²) in [6.07, 6.45) is 2.37. The molecule has 0 atom stereocenters. The standard InChI is InChI=1S/C15H12N4O2S/c1-9-17-19-8-10(16-15(19)22-9)6-7-18-13(20)11-4-2-3-5-12(11)14(18)21/h2-5,8H,6-7H2,1H3. The molecule has 2 amide bonds. The zero-order valence-corrected chi connectivity index (χ0v) is 12.6. The van der Waals surface area contributed by atoms with Crippen LogP contribution in [0.1, 0.15) is 31.4 Å². The molecule has 22 heavy (non-hydrogen) atoms. The number of fused-ring (bicyclic) bond motifs is 2. The second-order valence-corrected chi connectivity index (χ2v) is 6.30. The summed E-state index contributed by atoms with van der Waals surface area (Å²) in [4.78, 5) is 31.1. The van der Waals surface area contributed by atoms with E-state index in [2.05, 4.69) is 10.1 Å². The molecule has 4 rings (SSSR count). The summed E-state index contributed by atoms with van der Waals surface area (Å²) in [5.41, 5.74) is 1.79. The average Bonchev–Trinajstić information content (AvgIpc) is 3.10. The van der Waals surface area contributed by atoms with Gasteiger partial charge in [0.2, 0.25) is 4.96 Å². The molecule has 3 aromatic rings. The molecule has 0 fully saturated rings. The zero-order chi connectivity index (χ0) is 15.3. The number of imidazole rings is 1. The fourth-order valence-corrected chi connectivity index (χ4v) is 3.38. The first-order valence-electron chi connectivity index (χ1n) is 6.90. The molecule has 0 spiro atoms. The van der Waals surface area contributed by atoms with Crippen LogP contribution in [0.2, 0.25) is 0 Å². The Hall–Kier alpha value is -2.54. The number of benzene rings is 1. The second kappa shape index (κ2) is 4.74. The predicted molar refractivity (Wildman–Crippen MR) is 81.1 cm³/mol. The monoisotopic (exact) mass is 312 g/mol. The molecule has 7 heteroatoms. The van der Waals surface area contributed by atoms with Crippen LogP contribution in [0.15, 0.2) is 30.5 Å². The molecule has 0 saturated carbocycles. The lowest BCUT2D eigenvalue weighted by atomic mass is 10.1. The highest BCUT2D eigenvalue weighted by Crippen LogP contribution is 2.22. The van der Waals surface area contributed by atoms with Crippen LogP contribution in [0.25, 0.3) is 4.96 Å². The molecule has 6 nitrogen and oxygen atoms in total. The molecule has 0 saturated heterocycles. The average molecular weight is 312 g/mol. The summed E-state index contributed by atoms with van der Waals surface area (Å²) < 4.78 is 1.73. The second-order valence-electron chi connectivity index (χ2n) is 5.14. The first-order chi connectivity index (χ1) is 10.6. The fourth-order valence-electron chi connectivity index (χ4n) is 2.63. The summed E-state index contributed by atoms with van der Waals surface area (Å²) in [7, 11) is 0. The SMILES string of the molecule is Cc1nn2cc(CCN3C(=O)c4ccccc4C3=O)nc2s1. The van der Waals surface area contributed by atoms with Gasteiger partial charge in [0.05, 0.1) is 23.0 Å². The van der Waals surface area contributed by atoms with Gasteiger partial charge in [0.15, 0.2) is 0 Å². The highest BCUT2D eigenvalue weighted by molar-refractivity contribution is 7.16. The summed E-state index contributed by atoms with van der Waals surface area (Å²) in [5.74, 6) is -0.453. The third-order valence-corrected chi connectivity index (χ3v) is 4.50. The van der Waals surface area contributed by atoms with Crippen molar-refractivity contribution in [2.24, 2.45) is 0 Å². The van der Waals surface area contributed by atoms with Crippen molar-refractivity contribution in [1.82, 2.24) is 19.5 Å². The van der Waals surface area contributed by atoms with E-state index in [4.69, 9.17) is 0 Å². The summed E-state index contributed by atoms with van der Waals surface area (Å²) in [6.45, 7) is 2.26. The van der Waals surface area contributed by atoms with Gasteiger partial charge in [-0.2, -0.15) is 5.10 Å². The first-order valence-corrected chi connectivity index (χ1v) is 7.72. The number of rotatable bonds is 3. The minimum Gasteiger partial charge on any atom is -0.274 e. The molecular weight excluding hydrogens is 300 g/mol. The normalized spacial score (nSPS) is 14.1. The molecule has 0 aliphatic carbocycles. The first kappa shape index (κ1) is 13.1. The minimum atomic E-state index is -0.226. The predicted octanol–water partition coefficient (Wildman–Crippen LogP) is 1.94. The van der Waals surface area contributed by atoms with Crippen LogP contribution in [-0.4, -0.2) is 37.9 Å². The Morgan fingerprint density at radius 3 is 2.45 bits per heavy atom. The molecule has 0 N–H and O–H groups in total. The fraction of sp³-hybridized carbons (Fsp3) is 0.200. The van der Waals surface area contributed by atoms with Crippen LogP contribution in [0, 0.1) is 6.92 Å². The van der Waals surface area contributed by atoms with Crippen molar-refractivity contribution in [3.05, 3.63) is 52.3 Å². The van der Waals surface area contributed by atoms with Gasteiger partial charge < -0.3 is 0 Å². The minimum absolute atomic E-state index is 0.226. The number of amides is 2. The topological polar surface area (TPSA) is 67.6 Å². The summed E-state index contributed by atoms with van der Waals surface area (Å²) in [6, 6.07) is 6.92. The van der Waals surface area contributed by atoms with Crippen molar-refractivity contribution in [1.29, 1.82) is 0 Å². The number of hydrogen-bond acceptors (Lipinski definition) is 5. The van der Waals surface area contributed by atoms with Gasteiger partial charge in [-0.15, -0.1) is 0 Å². The molecule has 3 heterocycles. The molecule has 0 bridgehead atoms. The van der Waals surface area contributed by atoms with Crippen molar-refractivity contribution in [2.45, 2.75) is 13.3 Å². The molecule has 0 radical (unpaired) electrons. The van der Waals surface area contributed by atoms with E-state index in [1.54, 1.807) is 28.8 Å². The maximum atomic E-state index is 12.3. The van der Waals surface area contributed by atoms with Crippen LogP contribution in [0.5, 0.6) is 0 Å². The zero-order valence-electron chi connectivity index (χ0n) is 11.8. The Balaban J connectivity index is 1.53. The molecule has 1 aliphatic heterocycles. The highest BCUT2D eigenvalue weighted by Gasteiger charge is 2.34. The lowest BCUT2D eigenvalue weighted by Crippen LogP contribution is -2.31. The quantitative estimate of drug-likeness (QED) is 0.693. The van der Waals surface area contributed by atoms with Gasteiger partial charge in [0.1, 0.15) is 5.01 Å². The van der Waals surface area contributed by atoms with Crippen molar-refractivity contribution in [3.8, 4) is 0 Å². The number of carbonyl (C=O) groups is 2. The molecule has 2 aromatic heterocycles. The van der Waals surface area contributed by atoms with Crippen molar-refractivity contribution >= 4 is 28.1 Å². The Bertz CT molecular complexity index is 845. The van der Waals surface area contributed by atoms with E-state index in [1.165, 1.54) is 16.2 Å². The van der Waals surface area contributed by atoms with Crippen LogP contribution in [0.3, 0.4) is 0 Å². The van der Waals surface area contributed by atoms with Crippen LogP contribution in [-0.2, 0) is 6.42 Å². The number of hydrogen-bond donors (Lipinski definition) is 0. The van der Waals surface area contributed by atoms with Gasteiger partial charge in [-0.1, -0.05) is 23.5 Å². The van der Waals surface area contributed by atoms with Gasteiger partial charge in [-0.3, -0.25) is 14.5 Å². The van der Waals surface area contributed by atoms with Gasteiger partial charge in [-0.05, 0) is 19.1 Å². The molecular formula is C15H12N4O2S. The largest absolute Gasteiger partial charge is 0.274 e. The molecule has 0 unspecified atom stereocenters. The van der Waals surface area contributed by atoms with E-state index >= 15 is 0 Å². The number of carbonyl (C=O) groups excluding carboxylic acids is 2. The van der Waals surface area contributed by atoms with Crippen LogP contribution < -0.4 is 0 Å². The third kappa shape index (κ3) is 1.93.